The second-order valence-electron chi connectivity index (χ2n) is 4.71. The molecule has 0 aliphatic heterocycles. The highest BCUT2D eigenvalue weighted by atomic mass is 16.3. The second-order valence-corrected chi connectivity index (χ2v) is 4.71. The number of nitrogens with one attached hydrogen (secondary N) is 1. The third-order valence-corrected chi connectivity index (χ3v) is 2.93. The Bertz CT molecular complexity index is 550. The van der Waals surface area contributed by atoms with Crippen molar-refractivity contribution in [3.05, 3.63) is 47.8 Å². The molecule has 0 saturated carbocycles. The molecule has 4 nitrogen and oxygen atoms in total. The number of nitrogens with zero attached hydrogens (tertiary/aromatic N) is 2. The summed E-state index contributed by atoms with van der Waals surface area (Å²) in [6, 6.07) is 11.6. The summed E-state index contributed by atoms with van der Waals surface area (Å²) >= 11 is 0. The fraction of sp³-hybridized carbons (Fsp3) is 0.267. The van der Waals surface area contributed by atoms with E-state index in [0.29, 0.717) is 12.2 Å². The Morgan fingerprint density at radius 2 is 1.79 bits per heavy atom. The summed E-state index contributed by atoms with van der Waals surface area (Å²) in [6.07, 6.45) is 0. The number of aromatic nitrogens is 1. The molecule has 1 aromatic carbocycles. The minimum Gasteiger partial charge on any atom is -0.506 e. The predicted octanol–water partition coefficient (Wildman–Crippen LogP) is 2.77. The van der Waals surface area contributed by atoms with Crippen molar-refractivity contribution in [2.75, 3.05) is 24.3 Å². The Balaban J connectivity index is 2.04. The van der Waals surface area contributed by atoms with Crippen LogP contribution in [0.5, 0.6) is 5.75 Å². The van der Waals surface area contributed by atoms with Crippen molar-refractivity contribution in [3.8, 4) is 5.75 Å². The van der Waals surface area contributed by atoms with Gasteiger partial charge in [0, 0.05) is 31.2 Å². The van der Waals surface area contributed by atoms with E-state index in [2.05, 4.69) is 15.2 Å². The van der Waals surface area contributed by atoms with E-state index in [0.717, 1.165) is 17.1 Å². The van der Waals surface area contributed by atoms with E-state index in [9.17, 15) is 5.11 Å². The summed E-state index contributed by atoms with van der Waals surface area (Å²) in [5, 5.41) is 13.0. The Kier molecular flexibility index (Phi) is 3.90. The van der Waals surface area contributed by atoms with Crippen LogP contribution in [0.1, 0.15) is 11.4 Å². The molecule has 1 heterocycles. The van der Waals surface area contributed by atoms with Crippen LogP contribution in [-0.2, 0) is 6.54 Å². The summed E-state index contributed by atoms with van der Waals surface area (Å²) in [6.45, 7) is 2.42. The van der Waals surface area contributed by atoms with Gasteiger partial charge < -0.3 is 15.3 Å². The van der Waals surface area contributed by atoms with Crippen LogP contribution in [0.25, 0.3) is 0 Å². The van der Waals surface area contributed by atoms with Crippen molar-refractivity contribution < 1.29 is 5.11 Å². The average Bonchev–Trinajstić information content (AvgIpc) is 2.40. The minimum atomic E-state index is 0.225. The molecular formula is C15H19N3O. The van der Waals surface area contributed by atoms with Crippen molar-refractivity contribution in [3.63, 3.8) is 0 Å². The van der Waals surface area contributed by atoms with Gasteiger partial charge in [-0.05, 0) is 43.3 Å². The first-order valence-electron chi connectivity index (χ1n) is 6.23. The fourth-order valence-corrected chi connectivity index (χ4v) is 1.80. The first-order valence-corrected chi connectivity index (χ1v) is 6.23. The Hall–Kier alpha value is -2.23. The number of rotatable bonds is 4. The quantitative estimate of drug-likeness (QED) is 0.884. The molecule has 2 aromatic rings. The second kappa shape index (κ2) is 5.61. The molecule has 2 rings (SSSR count). The largest absolute Gasteiger partial charge is 0.506 e. The Morgan fingerprint density at radius 3 is 2.42 bits per heavy atom. The van der Waals surface area contributed by atoms with E-state index in [1.54, 1.807) is 12.1 Å². The van der Waals surface area contributed by atoms with Crippen LogP contribution in [0, 0.1) is 6.92 Å². The van der Waals surface area contributed by atoms with Gasteiger partial charge in [0.05, 0.1) is 6.54 Å². The zero-order valence-electron chi connectivity index (χ0n) is 11.5. The fourth-order valence-electron chi connectivity index (χ4n) is 1.80. The molecule has 4 heteroatoms. The van der Waals surface area contributed by atoms with Gasteiger partial charge in [-0.15, -0.1) is 0 Å². The lowest BCUT2D eigenvalue weighted by Crippen LogP contribution is -2.08. The molecular weight excluding hydrogens is 238 g/mol. The van der Waals surface area contributed by atoms with Crippen LogP contribution in [0.3, 0.4) is 0 Å². The van der Waals surface area contributed by atoms with Crippen LogP contribution in [-0.4, -0.2) is 24.2 Å². The van der Waals surface area contributed by atoms with E-state index in [1.165, 1.54) is 0 Å². The topological polar surface area (TPSA) is 48.4 Å². The molecule has 0 amide bonds. The number of hydrogen-bond donors (Lipinski definition) is 2. The SMILES string of the molecule is Cc1ccc(O)c(CNc2ccc(N(C)C)cc2)n1. The molecule has 0 fully saturated rings. The van der Waals surface area contributed by atoms with E-state index < -0.39 is 0 Å². The van der Waals surface area contributed by atoms with Crippen LogP contribution in [0.15, 0.2) is 36.4 Å². The highest BCUT2D eigenvalue weighted by molar-refractivity contribution is 5.54. The molecule has 1 aromatic heterocycles. The molecule has 19 heavy (non-hydrogen) atoms. The molecule has 0 aliphatic rings. The van der Waals surface area contributed by atoms with Crippen molar-refractivity contribution in [1.29, 1.82) is 0 Å². The van der Waals surface area contributed by atoms with Crippen LogP contribution in [0.4, 0.5) is 11.4 Å². The summed E-state index contributed by atoms with van der Waals surface area (Å²) in [5.41, 5.74) is 3.73. The van der Waals surface area contributed by atoms with E-state index in [4.69, 9.17) is 0 Å². The zero-order valence-corrected chi connectivity index (χ0v) is 11.5. The van der Waals surface area contributed by atoms with Crippen molar-refractivity contribution in [2.45, 2.75) is 13.5 Å². The normalized spacial score (nSPS) is 10.3. The summed E-state index contributed by atoms with van der Waals surface area (Å²) in [7, 11) is 4.02. The third-order valence-electron chi connectivity index (χ3n) is 2.93. The first kappa shape index (κ1) is 13.2. The van der Waals surface area contributed by atoms with Crippen LogP contribution < -0.4 is 10.2 Å². The van der Waals surface area contributed by atoms with Gasteiger partial charge in [-0.3, -0.25) is 4.98 Å². The first-order chi connectivity index (χ1) is 9.06. The maximum atomic E-state index is 9.72. The zero-order chi connectivity index (χ0) is 13.8. The number of aryl methyl sites for hydroxylation is 1. The molecule has 2 N–H and O–H groups in total. The number of benzene rings is 1. The van der Waals surface area contributed by atoms with Gasteiger partial charge in [0.1, 0.15) is 11.4 Å². The van der Waals surface area contributed by atoms with E-state index >= 15 is 0 Å². The van der Waals surface area contributed by atoms with Gasteiger partial charge >= 0.3 is 0 Å². The molecule has 0 saturated heterocycles. The number of pyridine rings is 1. The number of anilines is 2. The standard InChI is InChI=1S/C15H19N3O/c1-11-4-9-15(19)14(17-11)10-16-12-5-7-13(8-6-12)18(2)3/h4-9,16,19H,10H2,1-3H3. The molecule has 0 spiro atoms. The van der Waals surface area contributed by atoms with Crippen molar-refractivity contribution in [2.24, 2.45) is 0 Å². The lowest BCUT2D eigenvalue weighted by atomic mass is 10.2. The molecule has 100 valence electrons. The lowest BCUT2D eigenvalue weighted by molar-refractivity contribution is 0.464. The smallest absolute Gasteiger partial charge is 0.138 e. The van der Waals surface area contributed by atoms with Gasteiger partial charge in [-0.1, -0.05) is 0 Å². The highest BCUT2D eigenvalue weighted by Gasteiger charge is 2.03. The lowest BCUT2D eigenvalue weighted by Gasteiger charge is -2.13. The maximum Gasteiger partial charge on any atom is 0.138 e. The predicted molar refractivity (Wildman–Crippen MR) is 78.7 cm³/mol. The number of hydrogen-bond acceptors (Lipinski definition) is 4. The maximum absolute atomic E-state index is 9.72. The molecule has 0 unspecified atom stereocenters. The Labute approximate surface area is 113 Å². The molecule has 0 aliphatic carbocycles. The monoisotopic (exact) mass is 257 g/mol. The van der Waals surface area contributed by atoms with E-state index in [1.807, 2.05) is 45.3 Å². The highest BCUT2D eigenvalue weighted by Crippen LogP contribution is 2.19. The molecule has 0 bridgehead atoms. The average molecular weight is 257 g/mol. The van der Waals surface area contributed by atoms with Crippen molar-refractivity contribution in [1.82, 2.24) is 4.98 Å². The summed E-state index contributed by atoms with van der Waals surface area (Å²) < 4.78 is 0. The van der Waals surface area contributed by atoms with Crippen LogP contribution in [0.2, 0.25) is 0 Å². The summed E-state index contributed by atoms with van der Waals surface area (Å²) in [4.78, 5) is 6.37. The van der Waals surface area contributed by atoms with Gasteiger partial charge in [-0.2, -0.15) is 0 Å². The Morgan fingerprint density at radius 1 is 1.11 bits per heavy atom. The number of aromatic hydroxyl groups is 1. The van der Waals surface area contributed by atoms with Crippen molar-refractivity contribution >= 4 is 11.4 Å². The van der Waals surface area contributed by atoms with Crippen LogP contribution >= 0.6 is 0 Å². The third kappa shape index (κ3) is 3.37. The molecule has 0 atom stereocenters. The minimum absolute atomic E-state index is 0.225. The summed E-state index contributed by atoms with van der Waals surface area (Å²) in [5.74, 6) is 0.225. The van der Waals surface area contributed by atoms with E-state index in [-0.39, 0.29) is 5.75 Å². The molecule has 0 radical (unpaired) electrons. The van der Waals surface area contributed by atoms with Gasteiger partial charge in [0.25, 0.3) is 0 Å². The van der Waals surface area contributed by atoms with Gasteiger partial charge in [0.2, 0.25) is 0 Å². The van der Waals surface area contributed by atoms with Gasteiger partial charge in [-0.25, -0.2) is 0 Å². The van der Waals surface area contributed by atoms with Gasteiger partial charge in [0.15, 0.2) is 0 Å².